The van der Waals surface area contributed by atoms with Gasteiger partial charge in [0.1, 0.15) is 12.2 Å². The van der Waals surface area contributed by atoms with Gasteiger partial charge in [-0.05, 0) is 56.0 Å². The second-order valence-corrected chi connectivity index (χ2v) is 9.45. The van der Waals surface area contributed by atoms with Gasteiger partial charge in [0.15, 0.2) is 0 Å². The van der Waals surface area contributed by atoms with Crippen LogP contribution in [0.25, 0.3) is 0 Å². The van der Waals surface area contributed by atoms with Gasteiger partial charge in [-0.1, -0.05) is 30.7 Å². The summed E-state index contributed by atoms with van der Waals surface area (Å²) in [6, 6.07) is 14.4. The lowest BCUT2D eigenvalue weighted by Gasteiger charge is -2.48. The summed E-state index contributed by atoms with van der Waals surface area (Å²) in [5.41, 5.74) is 1.72. The topological polar surface area (TPSA) is 98.8 Å². The third-order valence-corrected chi connectivity index (χ3v) is 7.21. The fraction of sp³-hybridized carbons (Fsp3) is 0.385. The minimum absolute atomic E-state index is 0.0419. The van der Waals surface area contributed by atoms with E-state index in [9.17, 15) is 19.2 Å². The Kier molecular flexibility index (Phi) is 5.59. The van der Waals surface area contributed by atoms with Gasteiger partial charge in [0.05, 0.1) is 11.3 Å². The number of carbonyl (C=O) groups is 4. The van der Waals surface area contributed by atoms with E-state index in [-0.39, 0.29) is 42.6 Å². The molecule has 0 aromatic heterocycles. The molecular weight excluding hydrogens is 432 g/mol. The third-order valence-electron chi connectivity index (χ3n) is 7.21. The molecule has 8 nitrogen and oxygen atoms in total. The summed E-state index contributed by atoms with van der Waals surface area (Å²) in [6.45, 7) is 1.96. The number of para-hydroxylation sites is 1. The molecule has 2 aromatic rings. The van der Waals surface area contributed by atoms with Gasteiger partial charge < -0.3 is 15.5 Å². The molecule has 2 heterocycles. The maximum absolute atomic E-state index is 13.3. The number of anilines is 2. The normalized spacial score (nSPS) is 21.6. The largest absolute Gasteiger partial charge is 0.350 e. The van der Waals surface area contributed by atoms with Gasteiger partial charge in [-0.25, -0.2) is 0 Å². The smallest absolute Gasteiger partial charge is 0.258 e. The van der Waals surface area contributed by atoms with Crippen LogP contribution in [0.2, 0.25) is 0 Å². The molecule has 0 bridgehead atoms. The highest BCUT2D eigenvalue weighted by Gasteiger charge is 2.53. The number of hydrogen-bond donors (Lipinski definition) is 2. The number of fused-ring (bicyclic) bond motifs is 3. The summed E-state index contributed by atoms with van der Waals surface area (Å²) < 4.78 is 0. The maximum Gasteiger partial charge on any atom is 0.258 e. The number of nitrogens with one attached hydrogen (secondary N) is 2. The van der Waals surface area contributed by atoms with Crippen LogP contribution < -0.4 is 15.5 Å². The molecule has 2 N–H and O–H groups in total. The SMILES string of the molecule is CC12CCC(=O)N1c1ccccc1C(=O)N2CC(=O)NCc1cccc(NC(=O)C2CCC2)c1. The lowest BCUT2D eigenvalue weighted by atomic mass is 9.85. The summed E-state index contributed by atoms with van der Waals surface area (Å²) in [5.74, 6) is -0.468. The zero-order valence-electron chi connectivity index (χ0n) is 19.2. The van der Waals surface area contributed by atoms with Gasteiger partial charge in [-0.15, -0.1) is 0 Å². The van der Waals surface area contributed by atoms with Crippen LogP contribution in [-0.4, -0.2) is 40.7 Å². The molecular formula is C26H28N4O4. The van der Waals surface area contributed by atoms with Crippen molar-refractivity contribution in [2.24, 2.45) is 5.92 Å². The molecule has 3 aliphatic rings. The van der Waals surface area contributed by atoms with Crippen LogP contribution >= 0.6 is 0 Å². The first-order valence-corrected chi connectivity index (χ1v) is 11.8. The molecule has 0 spiro atoms. The summed E-state index contributed by atoms with van der Waals surface area (Å²) in [7, 11) is 0. The molecule has 1 saturated heterocycles. The molecule has 2 fully saturated rings. The molecule has 34 heavy (non-hydrogen) atoms. The molecule has 0 radical (unpaired) electrons. The zero-order chi connectivity index (χ0) is 23.9. The van der Waals surface area contributed by atoms with Crippen molar-refractivity contribution in [3.05, 3.63) is 59.7 Å². The van der Waals surface area contributed by atoms with E-state index in [1.165, 1.54) is 4.90 Å². The minimum Gasteiger partial charge on any atom is -0.350 e. The molecule has 1 saturated carbocycles. The van der Waals surface area contributed by atoms with Crippen molar-refractivity contribution in [2.45, 2.75) is 51.2 Å². The Morgan fingerprint density at radius 2 is 1.88 bits per heavy atom. The molecule has 8 heteroatoms. The van der Waals surface area contributed by atoms with Crippen molar-refractivity contribution < 1.29 is 19.2 Å². The monoisotopic (exact) mass is 460 g/mol. The van der Waals surface area contributed by atoms with E-state index in [1.54, 1.807) is 23.1 Å². The Hall–Kier alpha value is -3.68. The molecule has 2 aliphatic heterocycles. The van der Waals surface area contributed by atoms with Gasteiger partial charge in [0.25, 0.3) is 5.91 Å². The minimum atomic E-state index is -0.869. The van der Waals surface area contributed by atoms with Crippen LogP contribution in [0, 0.1) is 5.92 Å². The Labute approximate surface area is 198 Å². The number of amides is 4. The molecule has 1 aliphatic carbocycles. The standard InChI is InChI=1S/C26H28N4O4/c1-26-13-12-23(32)30(26)21-11-3-2-10-20(21)25(34)29(26)16-22(31)27-15-17-6-4-9-19(14-17)28-24(33)18-7-5-8-18/h2-4,6,9-11,14,18H,5,7-8,12-13,15-16H2,1H3,(H,27,31)(H,28,33). The average Bonchev–Trinajstić information content (AvgIpc) is 3.09. The first-order chi connectivity index (χ1) is 16.4. The van der Waals surface area contributed by atoms with Crippen molar-refractivity contribution in [2.75, 3.05) is 16.8 Å². The Bertz CT molecular complexity index is 1170. The molecule has 2 aromatic carbocycles. The molecule has 4 amide bonds. The van der Waals surface area contributed by atoms with Crippen molar-refractivity contribution in [3.63, 3.8) is 0 Å². The predicted molar refractivity (Wildman–Crippen MR) is 127 cm³/mol. The van der Waals surface area contributed by atoms with Crippen molar-refractivity contribution in [1.82, 2.24) is 10.2 Å². The summed E-state index contributed by atoms with van der Waals surface area (Å²) in [5, 5.41) is 5.82. The lowest BCUT2D eigenvalue weighted by molar-refractivity contribution is -0.124. The van der Waals surface area contributed by atoms with Crippen LogP contribution in [0.5, 0.6) is 0 Å². The first-order valence-electron chi connectivity index (χ1n) is 11.8. The van der Waals surface area contributed by atoms with E-state index >= 15 is 0 Å². The van der Waals surface area contributed by atoms with Gasteiger partial charge in [0.2, 0.25) is 17.7 Å². The van der Waals surface area contributed by atoms with Gasteiger partial charge in [-0.3, -0.25) is 24.1 Å². The van der Waals surface area contributed by atoms with Crippen LogP contribution in [0.1, 0.15) is 54.9 Å². The van der Waals surface area contributed by atoms with Gasteiger partial charge in [0, 0.05) is 24.6 Å². The second kappa shape index (κ2) is 8.59. The highest BCUT2D eigenvalue weighted by atomic mass is 16.2. The van der Waals surface area contributed by atoms with E-state index in [1.807, 2.05) is 37.3 Å². The fourth-order valence-corrected chi connectivity index (χ4v) is 5.02. The molecule has 1 atom stereocenters. The lowest BCUT2D eigenvalue weighted by Crippen LogP contribution is -2.63. The number of rotatable bonds is 6. The van der Waals surface area contributed by atoms with E-state index in [0.717, 1.165) is 24.8 Å². The highest BCUT2D eigenvalue weighted by Crippen LogP contribution is 2.43. The quantitative estimate of drug-likeness (QED) is 0.692. The average molecular weight is 461 g/mol. The number of nitrogens with zero attached hydrogens (tertiary/aromatic N) is 2. The summed E-state index contributed by atoms with van der Waals surface area (Å²) >= 11 is 0. The fourth-order valence-electron chi connectivity index (χ4n) is 5.02. The van der Waals surface area contributed by atoms with Gasteiger partial charge in [-0.2, -0.15) is 0 Å². The maximum atomic E-state index is 13.3. The molecule has 5 rings (SSSR count). The predicted octanol–water partition coefficient (Wildman–Crippen LogP) is 3.04. The van der Waals surface area contributed by atoms with Crippen LogP contribution in [0.3, 0.4) is 0 Å². The number of carbonyl (C=O) groups excluding carboxylic acids is 4. The Balaban J connectivity index is 1.26. The van der Waals surface area contributed by atoms with E-state index in [4.69, 9.17) is 0 Å². The van der Waals surface area contributed by atoms with Crippen molar-refractivity contribution in [3.8, 4) is 0 Å². The zero-order valence-corrected chi connectivity index (χ0v) is 19.2. The number of hydrogen-bond acceptors (Lipinski definition) is 4. The highest BCUT2D eigenvalue weighted by molar-refractivity contribution is 6.11. The van der Waals surface area contributed by atoms with E-state index in [2.05, 4.69) is 10.6 Å². The van der Waals surface area contributed by atoms with Crippen molar-refractivity contribution in [1.29, 1.82) is 0 Å². The third kappa shape index (κ3) is 3.83. The first kappa shape index (κ1) is 22.1. The summed E-state index contributed by atoms with van der Waals surface area (Å²) in [4.78, 5) is 54.2. The molecule has 176 valence electrons. The number of benzene rings is 2. The van der Waals surface area contributed by atoms with E-state index in [0.29, 0.717) is 29.8 Å². The van der Waals surface area contributed by atoms with Crippen LogP contribution in [0.4, 0.5) is 11.4 Å². The van der Waals surface area contributed by atoms with Crippen LogP contribution in [0.15, 0.2) is 48.5 Å². The summed E-state index contributed by atoms with van der Waals surface area (Å²) in [6.07, 6.45) is 3.77. The Morgan fingerprint density at radius 1 is 1.09 bits per heavy atom. The van der Waals surface area contributed by atoms with Crippen molar-refractivity contribution >= 4 is 35.0 Å². The molecule has 1 unspecified atom stereocenters. The van der Waals surface area contributed by atoms with E-state index < -0.39 is 5.66 Å². The second-order valence-electron chi connectivity index (χ2n) is 9.45. The van der Waals surface area contributed by atoms with Crippen LogP contribution in [-0.2, 0) is 20.9 Å². The van der Waals surface area contributed by atoms with Gasteiger partial charge >= 0.3 is 0 Å². The Morgan fingerprint density at radius 3 is 2.65 bits per heavy atom.